The first-order valence-electron chi connectivity index (χ1n) is 9.86. The van der Waals surface area contributed by atoms with E-state index in [0.717, 1.165) is 5.56 Å². The Bertz CT molecular complexity index is 1310. The van der Waals surface area contributed by atoms with Crippen molar-refractivity contribution in [3.63, 3.8) is 0 Å². The number of amides is 2. The molecule has 0 heterocycles. The number of carbonyl (C=O) groups is 2. The number of nitro groups is 1. The molecule has 174 valence electrons. The molecule has 34 heavy (non-hydrogen) atoms. The van der Waals surface area contributed by atoms with Gasteiger partial charge >= 0.3 is 0 Å². The van der Waals surface area contributed by atoms with E-state index >= 15 is 0 Å². The molecule has 0 spiro atoms. The zero-order valence-electron chi connectivity index (χ0n) is 18.1. The zero-order chi connectivity index (χ0) is 24.8. The predicted molar refractivity (Wildman–Crippen MR) is 134 cm³/mol. The van der Waals surface area contributed by atoms with Gasteiger partial charge in [0.25, 0.3) is 17.5 Å². The molecule has 0 saturated heterocycles. The number of hydrogen-bond donors (Lipinski definition) is 2. The summed E-state index contributed by atoms with van der Waals surface area (Å²) in [6.45, 7) is 1.83. The molecule has 3 aromatic carbocycles. The highest BCUT2D eigenvalue weighted by Crippen LogP contribution is 2.26. The largest absolute Gasteiger partial charge is 0.496 e. The highest BCUT2D eigenvalue weighted by atomic mass is 79.9. The number of nitrogens with zero attached hydrogens (tertiary/aromatic N) is 1. The number of nitrogens with one attached hydrogen (secondary N) is 2. The van der Waals surface area contributed by atoms with Gasteiger partial charge in [0.1, 0.15) is 11.4 Å². The second kappa shape index (κ2) is 11.0. The average molecular weight is 545 g/mol. The average Bonchev–Trinajstić information content (AvgIpc) is 2.81. The van der Waals surface area contributed by atoms with Gasteiger partial charge in [-0.15, -0.1) is 0 Å². The lowest BCUT2D eigenvalue weighted by atomic mass is 10.1. The number of nitro benzene ring substituents is 1. The minimum atomic E-state index is -0.632. The van der Waals surface area contributed by atoms with Crippen LogP contribution in [0.1, 0.15) is 21.5 Å². The molecule has 0 saturated carbocycles. The second-order valence-corrected chi connectivity index (χ2v) is 8.39. The molecule has 2 amide bonds. The Morgan fingerprint density at radius 3 is 2.53 bits per heavy atom. The molecule has 8 nitrogen and oxygen atoms in total. The molecule has 0 aliphatic carbocycles. The number of non-ortho nitro benzene ring substituents is 1. The fourth-order valence-electron chi connectivity index (χ4n) is 2.92. The Hall–Kier alpha value is -3.69. The van der Waals surface area contributed by atoms with E-state index in [4.69, 9.17) is 16.3 Å². The van der Waals surface area contributed by atoms with Crippen molar-refractivity contribution in [2.24, 2.45) is 0 Å². The highest BCUT2D eigenvalue weighted by molar-refractivity contribution is 9.10. The molecule has 0 bridgehead atoms. The van der Waals surface area contributed by atoms with Crippen molar-refractivity contribution in [2.45, 2.75) is 6.92 Å². The molecular weight excluding hydrogens is 526 g/mol. The predicted octanol–water partition coefficient (Wildman–Crippen LogP) is 5.74. The molecule has 0 radical (unpaired) electrons. The first kappa shape index (κ1) is 24.9. The topological polar surface area (TPSA) is 111 Å². The van der Waals surface area contributed by atoms with E-state index in [1.165, 1.54) is 31.4 Å². The van der Waals surface area contributed by atoms with Crippen molar-refractivity contribution in [2.75, 3.05) is 12.4 Å². The number of aryl methyl sites for hydroxylation is 1. The summed E-state index contributed by atoms with van der Waals surface area (Å²) in [7, 11) is 1.50. The van der Waals surface area contributed by atoms with Crippen molar-refractivity contribution in [3.05, 3.63) is 103 Å². The van der Waals surface area contributed by atoms with Crippen LogP contribution in [0.5, 0.6) is 5.75 Å². The Morgan fingerprint density at radius 2 is 1.88 bits per heavy atom. The Balaban J connectivity index is 1.95. The van der Waals surface area contributed by atoms with Gasteiger partial charge in [0.2, 0.25) is 0 Å². The van der Waals surface area contributed by atoms with Crippen LogP contribution in [0.3, 0.4) is 0 Å². The summed E-state index contributed by atoms with van der Waals surface area (Å²) in [5.41, 5.74) is 1.62. The van der Waals surface area contributed by atoms with Crippen molar-refractivity contribution in [1.82, 2.24) is 5.32 Å². The SMILES string of the molecule is COc1ccc(C(=O)NC(=Cc2cccc([N+](=O)[O-])c2)C(=O)Nc2ccc(C)c(Cl)c2)cc1Br. The van der Waals surface area contributed by atoms with Gasteiger partial charge in [-0.2, -0.15) is 0 Å². The summed E-state index contributed by atoms with van der Waals surface area (Å²) in [5, 5.41) is 16.9. The van der Waals surface area contributed by atoms with Crippen LogP contribution in [0.4, 0.5) is 11.4 Å². The molecule has 0 aromatic heterocycles. The fourth-order valence-corrected chi connectivity index (χ4v) is 3.65. The monoisotopic (exact) mass is 543 g/mol. The smallest absolute Gasteiger partial charge is 0.272 e. The van der Waals surface area contributed by atoms with Gasteiger partial charge in [0, 0.05) is 28.4 Å². The Morgan fingerprint density at radius 1 is 1.12 bits per heavy atom. The minimum absolute atomic E-state index is 0.117. The van der Waals surface area contributed by atoms with Gasteiger partial charge in [0.05, 0.1) is 16.5 Å². The molecule has 0 fully saturated rings. The maximum atomic E-state index is 13.1. The standard InChI is InChI=1S/C24H19BrClN3O5/c1-14-6-8-17(13-20(14)26)27-24(31)21(11-15-4-3-5-18(10-15)29(32)33)28-23(30)16-7-9-22(34-2)19(25)12-16/h3-13H,1-2H3,(H,27,31)(H,28,30). The van der Waals surface area contributed by atoms with Gasteiger partial charge in [0.15, 0.2) is 0 Å². The van der Waals surface area contributed by atoms with Crippen molar-refractivity contribution in [3.8, 4) is 5.75 Å². The number of methoxy groups -OCH3 is 1. The van der Waals surface area contributed by atoms with Gasteiger partial charge in [-0.3, -0.25) is 19.7 Å². The molecular formula is C24H19BrClN3O5. The van der Waals surface area contributed by atoms with Gasteiger partial charge in [-0.25, -0.2) is 0 Å². The number of ether oxygens (including phenoxy) is 1. The number of carbonyl (C=O) groups excluding carboxylic acids is 2. The first-order valence-corrected chi connectivity index (χ1v) is 11.0. The molecule has 3 rings (SSSR count). The zero-order valence-corrected chi connectivity index (χ0v) is 20.4. The van der Waals surface area contributed by atoms with Crippen LogP contribution >= 0.6 is 27.5 Å². The summed E-state index contributed by atoms with van der Waals surface area (Å²) in [6, 6.07) is 15.4. The second-order valence-electron chi connectivity index (χ2n) is 7.13. The van der Waals surface area contributed by atoms with E-state index in [1.54, 1.807) is 42.5 Å². The van der Waals surface area contributed by atoms with Gasteiger partial charge in [-0.1, -0.05) is 29.8 Å². The first-order chi connectivity index (χ1) is 16.2. The van der Waals surface area contributed by atoms with Crippen LogP contribution in [-0.2, 0) is 4.79 Å². The van der Waals surface area contributed by atoms with Crippen LogP contribution in [0.15, 0.2) is 70.8 Å². The third-order valence-corrected chi connectivity index (χ3v) is 5.76. The molecule has 3 aromatic rings. The number of hydrogen-bond acceptors (Lipinski definition) is 5. The van der Waals surface area contributed by atoms with Crippen LogP contribution in [-0.4, -0.2) is 23.8 Å². The number of benzene rings is 3. The van der Waals surface area contributed by atoms with Crippen molar-refractivity contribution >= 4 is 56.8 Å². The minimum Gasteiger partial charge on any atom is -0.496 e. The third kappa shape index (κ3) is 6.21. The van der Waals surface area contributed by atoms with Crippen LogP contribution in [0.2, 0.25) is 5.02 Å². The number of rotatable bonds is 7. The quantitative estimate of drug-likeness (QED) is 0.224. The number of halogens is 2. The van der Waals surface area contributed by atoms with E-state index in [-0.39, 0.29) is 16.9 Å². The van der Waals surface area contributed by atoms with Gasteiger partial charge in [-0.05, 0) is 70.4 Å². The van der Waals surface area contributed by atoms with Crippen molar-refractivity contribution < 1.29 is 19.2 Å². The molecule has 2 N–H and O–H groups in total. The lowest BCUT2D eigenvalue weighted by Crippen LogP contribution is -2.30. The lowest BCUT2D eigenvalue weighted by molar-refractivity contribution is -0.384. The van der Waals surface area contributed by atoms with Gasteiger partial charge < -0.3 is 15.4 Å². The van der Waals surface area contributed by atoms with E-state index in [2.05, 4.69) is 26.6 Å². The molecule has 0 aliphatic rings. The van der Waals surface area contributed by atoms with E-state index in [1.807, 2.05) is 6.92 Å². The fraction of sp³-hybridized carbons (Fsp3) is 0.0833. The summed E-state index contributed by atoms with van der Waals surface area (Å²) in [4.78, 5) is 36.6. The van der Waals surface area contributed by atoms with Crippen molar-refractivity contribution in [1.29, 1.82) is 0 Å². The Kier molecular flexibility index (Phi) is 8.04. The normalized spacial score (nSPS) is 11.0. The molecule has 0 unspecified atom stereocenters. The molecule has 0 atom stereocenters. The summed E-state index contributed by atoms with van der Waals surface area (Å²) < 4.78 is 5.73. The Labute approximate surface area is 208 Å². The molecule has 10 heteroatoms. The van der Waals surface area contributed by atoms with E-state index < -0.39 is 16.7 Å². The van der Waals surface area contributed by atoms with E-state index in [0.29, 0.717) is 26.5 Å². The van der Waals surface area contributed by atoms with Crippen LogP contribution in [0, 0.1) is 17.0 Å². The maximum Gasteiger partial charge on any atom is 0.272 e. The number of anilines is 1. The maximum absolute atomic E-state index is 13.1. The summed E-state index contributed by atoms with van der Waals surface area (Å²) in [5.74, 6) is -0.651. The third-order valence-electron chi connectivity index (χ3n) is 4.73. The van der Waals surface area contributed by atoms with Crippen LogP contribution < -0.4 is 15.4 Å². The van der Waals surface area contributed by atoms with E-state index in [9.17, 15) is 19.7 Å². The van der Waals surface area contributed by atoms with Crippen LogP contribution in [0.25, 0.3) is 6.08 Å². The highest BCUT2D eigenvalue weighted by Gasteiger charge is 2.17. The summed E-state index contributed by atoms with van der Waals surface area (Å²) >= 11 is 9.47. The lowest BCUT2D eigenvalue weighted by Gasteiger charge is -2.13. The molecule has 0 aliphatic heterocycles. The summed E-state index contributed by atoms with van der Waals surface area (Å²) in [6.07, 6.45) is 1.36.